The van der Waals surface area contributed by atoms with Gasteiger partial charge in [-0.05, 0) is 65.6 Å². The van der Waals surface area contributed by atoms with Crippen LogP contribution in [0.1, 0.15) is 25.0 Å². The molecule has 0 spiro atoms. The molecule has 0 aliphatic carbocycles. The Morgan fingerprint density at radius 2 is 1.42 bits per heavy atom. The maximum absolute atomic E-state index is 14.4. The second-order valence-corrected chi connectivity index (χ2v) is 13.3. The molecule has 0 saturated heterocycles. The van der Waals surface area contributed by atoms with Gasteiger partial charge < -0.3 is 15.0 Å². The van der Waals surface area contributed by atoms with Crippen LogP contribution in [0.15, 0.2) is 114 Å². The van der Waals surface area contributed by atoms with E-state index in [2.05, 4.69) is 5.32 Å². The van der Waals surface area contributed by atoms with Gasteiger partial charge in [0.2, 0.25) is 11.8 Å². The zero-order chi connectivity index (χ0) is 32.4. The minimum absolute atomic E-state index is 0.000263. The standard InChI is InChI=1S/C35H38ClN3O5S/c1-26(2)23-37-35(41)33(22-27-10-6-4-7-11-27)38(24-28-14-16-29(36)17-15-28)34(40)25-39(30-12-8-5-9-13-30)45(42,43)32-20-18-31(44-3)19-21-32/h4-21,26,33H,22-25H2,1-3H3,(H,37,41). The van der Waals surface area contributed by atoms with Crippen molar-refractivity contribution < 1.29 is 22.7 Å². The van der Waals surface area contributed by atoms with Crippen molar-refractivity contribution >= 4 is 39.1 Å². The first kappa shape index (κ1) is 33.6. The fraction of sp³-hybridized carbons (Fsp3) is 0.257. The lowest BCUT2D eigenvalue weighted by Crippen LogP contribution is -2.53. The molecule has 236 valence electrons. The lowest BCUT2D eigenvalue weighted by atomic mass is 10.0. The molecule has 10 heteroatoms. The second-order valence-electron chi connectivity index (χ2n) is 11.0. The van der Waals surface area contributed by atoms with Crippen molar-refractivity contribution in [3.63, 3.8) is 0 Å². The molecule has 45 heavy (non-hydrogen) atoms. The van der Waals surface area contributed by atoms with Crippen LogP contribution in [0, 0.1) is 5.92 Å². The molecule has 8 nitrogen and oxygen atoms in total. The van der Waals surface area contributed by atoms with Crippen LogP contribution in [0.4, 0.5) is 5.69 Å². The number of para-hydroxylation sites is 1. The van der Waals surface area contributed by atoms with Crippen molar-refractivity contribution in [1.82, 2.24) is 10.2 Å². The molecule has 1 N–H and O–H groups in total. The van der Waals surface area contributed by atoms with Crippen molar-refractivity contribution in [2.45, 2.75) is 37.8 Å². The summed E-state index contributed by atoms with van der Waals surface area (Å²) in [6.07, 6.45) is 0.237. The first-order valence-electron chi connectivity index (χ1n) is 14.7. The highest BCUT2D eigenvalue weighted by Crippen LogP contribution is 2.26. The molecule has 0 fully saturated rings. The van der Waals surface area contributed by atoms with E-state index in [1.807, 2.05) is 44.2 Å². The van der Waals surface area contributed by atoms with E-state index in [1.165, 1.54) is 24.1 Å². The summed E-state index contributed by atoms with van der Waals surface area (Å²) >= 11 is 6.14. The monoisotopic (exact) mass is 647 g/mol. The molecule has 4 aromatic rings. The number of methoxy groups -OCH3 is 1. The van der Waals surface area contributed by atoms with Crippen LogP contribution < -0.4 is 14.4 Å². The highest BCUT2D eigenvalue weighted by Gasteiger charge is 2.34. The molecule has 0 aliphatic rings. The topological polar surface area (TPSA) is 96.0 Å². The van der Waals surface area contributed by atoms with Gasteiger partial charge in [0.05, 0.1) is 17.7 Å². The van der Waals surface area contributed by atoms with E-state index >= 15 is 0 Å². The van der Waals surface area contributed by atoms with Gasteiger partial charge in [-0.25, -0.2) is 8.42 Å². The van der Waals surface area contributed by atoms with Gasteiger partial charge in [0.1, 0.15) is 18.3 Å². The molecule has 0 saturated carbocycles. The van der Waals surface area contributed by atoms with Gasteiger partial charge in [-0.2, -0.15) is 0 Å². The number of ether oxygens (including phenoxy) is 1. The highest BCUT2D eigenvalue weighted by atomic mass is 35.5. The first-order valence-corrected chi connectivity index (χ1v) is 16.5. The lowest BCUT2D eigenvalue weighted by Gasteiger charge is -2.34. The molecule has 0 aromatic heterocycles. The third kappa shape index (κ3) is 9.09. The Hall–Kier alpha value is -4.34. The largest absolute Gasteiger partial charge is 0.497 e. The minimum atomic E-state index is -4.20. The predicted molar refractivity (Wildman–Crippen MR) is 178 cm³/mol. The average molecular weight is 648 g/mol. The number of sulfonamides is 1. The number of anilines is 1. The van der Waals surface area contributed by atoms with Gasteiger partial charge in [0.25, 0.3) is 10.0 Å². The van der Waals surface area contributed by atoms with Crippen LogP contribution in [-0.4, -0.2) is 51.4 Å². The summed E-state index contributed by atoms with van der Waals surface area (Å²) < 4.78 is 34.4. The SMILES string of the molecule is COc1ccc(S(=O)(=O)N(CC(=O)N(Cc2ccc(Cl)cc2)C(Cc2ccccc2)C(=O)NCC(C)C)c2ccccc2)cc1. The minimum Gasteiger partial charge on any atom is -0.497 e. The van der Waals surface area contributed by atoms with Gasteiger partial charge in [-0.15, -0.1) is 0 Å². The quantitative estimate of drug-likeness (QED) is 0.182. The number of carbonyl (C=O) groups is 2. The van der Waals surface area contributed by atoms with Crippen LogP contribution in [0.3, 0.4) is 0 Å². The summed E-state index contributed by atoms with van der Waals surface area (Å²) in [6.45, 7) is 3.94. The summed E-state index contributed by atoms with van der Waals surface area (Å²) in [5.74, 6) is -0.165. The molecular weight excluding hydrogens is 610 g/mol. The van der Waals surface area contributed by atoms with E-state index in [4.69, 9.17) is 16.3 Å². The second kappa shape index (κ2) is 15.6. The van der Waals surface area contributed by atoms with Crippen LogP contribution >= 0.6 is 11.6 Å². The Labute approximate surface area is 270 Å². The number of hydrogen-bond acceptors (Lipinski definition) is 5. The smallest absolute Gasteiger partial charge is 0.264 e. The van der Waals surface area contributed by atoms with Crippen LogP contribution in [0.25, 0.3) is 0 Å². The molecule has 1 atom stereocenters. The lowest BCUT2D eigenvalue weighted by molar-refractivity contribution is -0.140. The van der Waals surface area contributed by atoms with Crippen molar-refractivity contribution in [2.24, 2.45) is 5.92 Å². The number of carbonyl (C=O) groups excluding carboxylic acids is 2. The Morgan fingerprint density at radius 1 is 0.822 bits per heavy atom. The number of amides is 2. The third-order valence-corrected chi connectivity index (χ3v) is 9.23. The molecule has 4 rings (SSSR count). The van der Waals surface area contributed by atoms with Crippen LogP contribution in [-0.2, 0) is 32.6 Å². The zero-order valence-electron chi connectivity index (χ0n) is 25.6. The highest BCUT2D eigenvalue weighted by molar-refractivity contribution is 7.92. The van der Waals surface area contributed by atoms with Crippen molar-refractivity contribution in [1.29, 1.82) is 0 Å². The van der Waals surface area contributed by atoms with E-state index in [0.717, 1.165) is 15.4 Å². The van der Waals surface area contributed by atoms with E-state index in [9.17, 15) is 18.0 Å². The summed E-state index contributed by atoms with van der Waals surface area (Å²) in [6, 6.07) is 30.0. The molecule has 0 bridgehead atoms. The molecule has 0 heterocycles. The fourth-order valence-electron chi connectivity index (χ4n) is 4.76. The molecule has 1 unspecified atom stereocenters. The molecule has 0 radical (unpaired) electrons. The summed E-state index contributed by atoms with van der Waals surface area (Å²) in [5, 5.41) is 3.52. The van der Waals surface area contributed by atoms with E-state index in [-0.39, 0.29) is 29.7 Å². The summed E-state index contributed by atoms with van der Waals surface area (Å²) in [4.78, 5) is 29.7. The van der Waals surface area contributed by atoms with Gasteiger partial charge in [-0.3, -0.25) is 13.9 Å². The van der Waals surface area contributed by atoms with Gasteiger partial charge in [0, 0.05) is 24.5 Å². The normalized spacial score (nSPS) is 11.9. The Bertz CT molecular complexity index is 1650. The van der Waals surface area contributed by atoms with Crippen molar-refractivity contribution in [3.05, 3.63) is 125 Å². The van der Waals surface area contributed by atoms with Crippen molar-refractivity contribution in [3.8, 4) is 5.75 Å². The number of rotatable bonds is 14. The van der Waals surface area contributed by atoms with Crippen LogP contribution in [0.5, 0.6) is 5.75 Å². The Balaban J connectivity index is 1.77. The Kier molecular flexibility index (Phi) is 11.6. The van der Waals surface area contributed by atoms with Gasteiger partial charge in [-0.1, -0.05) is 86.1 Å². The first-order chi connectivity index (χ1) is 21.6. The van der Waals surface area contributed by atoms with Gasteiger partial charge in [0.15, 0.2) is 0 Å². The number of hydrogen-bond donors (Lipinski definition) is 1. The summed E-state index contributed by atoms with van der Waals surface area (Å²) in [7, 11) is -2.70. The fourth-order valence-corrected chi connectivity index (χ4v) is 6.30. The maximum atomic E-state index is 14.4. The zero-order valence-corrected chi connectivity index (χ0v) is 27.2. The number of nitrogens with zero attached hydrogens (tertiary/aromatic N) is 2. The molecule has 4 aromatic carbocycles. The molecular formula is C35H38ClN3O5S. The molecule has 2 amide bonds. The maximum Gasteiger partial charge on any atom is 0.264 e. The Morgan fingerprint density at radius 3 is 2.00 bits per heavy atom. The number of nitrogens with one attached hydrogen (secondary N) is 1. The average Bonchev–Trinajstić information content (AvgIpc) is 3.05. The summed E-state index contributed by atoms with van der Waals surface area (Å²) in [5.41, 5.74) is 1.92. The number of benzene rings is 4. The molecule has 0 aliphatic heterocycles. The van der Waals surface area contributed by atoms with E-state index in [0.29, 0.717) is 23.0 Å². The number of halogens is 1. The van der Waals surface area contributed by atoms with E-state index in [1.54, 1.807) is 66.7 Å². The van der Waals surface area contributed by atoms with Crippen LogP contribution in [0.2, 0.25) is 5.02 Å². The third-order valence-electron chi connectivity index (χ3n) is 7.19. The van der Waals surface area contributed by atoms with E-state index < -0.39 is 28.5 Å². The van der Waals surface area contributed by atoms with Gasteiger partial charge >= 0.3 is 0 Å². The predicted octanol–water partition coefficient (Wildman–Crippen LogP) is 5.96. The van der Waals surface area contributed by atoms with Crippen molar-refractivity contribution in [2.75, 3.05) is 24.5 Å².